The summed E-state index contributed by atoms with van der Waals surface area (Å²) in [7, 11) is 0. The van der Waals surface area contributed by atoms with Gasteiger partial charge in [0.25, 0.3) is 0 Å². The van der Waals surface area contributed by atoms with Gasteiger partial charge in [0.15, 0.2) is 5.96 Å². The summed E-state index contributed by atoms with van der Waals surface area (Å²) >= 11 is 2.07. The monoisotopic (exact) mass is 441 g/mol. The predicted molar refractivity (Wildman–Crippen MR) is 108 cm³/mol. The van der Waals surface area contributed by atoms with Crippen LogP contribution < -0.4 is 10.6 Å². The zero-order valence-corrected chi connectivity index (χ0v) is 17.0. The van der Waals surface area contributed by atoms with E-state index in [0.717, 1.165) is 43.9 Å². The first-order valence-corrected chi connectivity index (χ1v) is 9.68. The lowest BCUT2D eigenvalue weighted by molar-refractivity contribution is 0.0574. The number of nitrogens with one attached hydrogen (secondary N) is 2. The van der Waals surface area contributed by atoms with E-state index in [4.69, 9.17) is 9.73 Å². The van der Waals surface area contributed by atoms with Crippen LogP contribution in [0.25, 0.3) is 0 Å². The van der Waals surface area contributed by atoms with Crippen molar-refractivity contribution in [3.05, 3.63) is 0 Å². The second-order valence-corrected chi connectivity index (χ2v) is 7.32. The van der Waals surface area contributed by atoms with E-state index in [1.165, 1.54) is 44.3 Å². The number of rotatable bonds is 8. The van der Waals surface area contributed by atoms with Crippen LogP contribution in [0.15, 0.2) is 4.99 Å². The molecule has 1 aliphatic heterocycles. The maximum Gasteiger partial charge on any atom is 0.191 e. The zero-order chi connectivity index (χ0) is 14.8. The Labute approximate surface area is 157 Å². The largest absolute Gasteiger partial charge is 0.378 e. The van der Waals surface area contributed by atoms with E-state index in [2.05, 4.69) is 29.3 Å². The second-order valence-electron chi connectivity index (χ2n) is 5.91. The molecular weight excluding hydrogens is 409 g/mol. The van der Waals surface area contributed by atoms with Crippen LogP contribution in [0, 0.1) is 0 Å². The summed E-state index contributed by atoms with van der Waals surface area (Å²) in [5, 5.41) is 7.47. The minimum absolute atomic E-state index is 0. The van der Waals surface area contributed by atoms with E-state index in [9.17, 15) is 0 Å². The van der Waals surface area contributed by atoms with Crippen LogP contribution in [0.3, 0.4) is 0 Å². The summed E-state index contributed by atoms with van der Waals surface area (Å²) in [6.07, 6.45) is 9.48. The number of ether oxygens (including phenoxy) is 1. The normalized spacial score (nSPS) is 22.6. The summed E-state index contributed by atoms with van der Waals surface area (Å²) in [5.74, 6) is 2.27. The minimum Gasteiger partial charge on any atom is -0.378 e. The lowest BCUT2D eigenvalue weighted by Crippen LogP contribution is -2.38. The summed E-state index contributed by atoms with van der Waals surface area (Å²) in [5.41, 5.74) is 0. The number of guanidine groups is 1. The van der Waals surface area contributed by atoms with Gasteiger partial charge >= 0.3 is 0 Å². The van der Waals surface area contributed by atoms with Crippen LogP contribution in [0.4, 0.5) is 0 Å². The van der Waals surface area contributed by atoms with E-state index in [1.807, 2.05) is 0 Å². The Bertz CT molecular complexity index is 306. The van der Waals surface area contributed by atoms with Gasteiger partial charge in [-0.05, 0) is 44.8 Å². The molecule has 1 heterocycles. The molecule has 0 amide bonds. The first-order valence-electron chi connectivity index (χ1n) is 8.64. The van der Waals surface area contributed by atoms with Crippen molar-refractivity contribution in [1.29, 1.82) is 0 Å². The molecule has 0 aromatic rings. The van der Waals surface area contributed by atoms with Crippen LogP contribution >= 0.6 is 35.7 Å². The van der Waals surface area contributed by atoms with Gasteiger partial charge in [0.05, 0.1) is 12.6 Å². The first kappa shape index (κ1) is 20.4. The maximum atomic E-state index is 5.88. The number of hydrogen-bond acceptors (Lipinski definition) is 3. The van der Waals surface area contributed by atoms with Gasteiger partial charge in [0, 0.05) is 24.9 Å². The van der Waals surface area contributed by atoms with Crippen molar-refractivity contribution in [3.8, 4) is 0 Å². The summed E-state index contributed by atoms with van der Waals surface area (Å²) < 4.78 is 5.88. The minimum atomic E-state index is 0. The quantitative estimate of drug-likeness (QED) is 0.262. The van der Waals surface area contributed by atoms with E-state index in [-0.39, 0.29) is 24.0 Å². The van der Waals surface area contributed by atoms with Gasteiger partial charge < -0.3 is 15.4 Å². The molecule has 2 fully saturated rings. The molecule has 0 bridgehead atoms. The van der Waals surface area contributed by atoms with Gasteiger partial charge in [-0.2, -0.15) is 11.8 Å². The van der Waals surface area contributed by atoms with Gasteiger partial charge in [-0.1, -0.05) is 12.8 Å². The summed E-state index contributed by atoms with van der Waals surface area (Å²) in [6.45, 7) is 5.79. The molecule has 0 aromatic heterocycles. The Morgan fingerprint density at radius 3 is 2.68 bits per heavy atom. The topological polar surface area (TPSA) is 45.7 Å². The van der Waals surface area contributed by atoms with E-state index in [1.54, 1.807) is 0 Å². The Morgan fingerprint density at radius 1 is 1.18 bits per heavy atom. The number of thioether (sulfide) groups is 1. The highest BCUT2D eigenvalue weighted by Crippen LogP contribution is 2.26. The average Bonchev–Trinajstić information content (AvgIpc) is 3.17. The highest BCUT2D eigenvalue weighted by atomic mass is 127. The van der Waals surface area contributed by atoms with Crippen LogP contribution in [0.2, 0.25) is 0 Å². The fraction of sp³-hybridized carbons (Fsp3) is 0.938. The molecule has 2 rings (SSSR count). The molecular formula is C16H32IN3OS. The van der Waals surface area contributed by atoms with Crippen LogP contribution in [0.1, 0.15) is 51.9 Å². The molecule has 130 valence electrons. The fourth-order valence-corrected chi connectivity index (χ4v) is 4.09. The summed E-state index contributed by atoms with van der Waals surface area (Å²) in [4.78, 5) is 4.70. The molecule has 4 nitrogen and oxygen atoms in total. The van der Waals surface area contributed by atoms with E-state index >= 15 is 0 Å². The van der Waals surface area contributed by atoms with Crippen molar-refractivity contribution in [3.63, 3.8) is 0 Å². The molecule has 1 atom stereocenters. The molecule has 1 aliphatic carbocycles. The van der Waals surface area contributed by atoms with E-state index in [0.29, 0.717) is 6.10 Å². The highest BCUT2D eigenvalue weighted by molar-refractivity contribution is 14.0. The smallest absolute Gasteiger partial charge is 0.191 e. The molecule has 2 aliphatic rings. The van der Waals surface area contributed by atoms with Gasteiger partial charge in [-0.15, -0.1) is 24.0 Å². The van der Waals surface area contributed by atoms with Crippen molar-refractivity contribution >= 4 is 41.7 Å². The molecule has 2 N–H and O–H groups in total. The SMILES string of the molecule is CCNC(=NCC1CCCS1)NCCCOC1CCCC1.I. The Kier molecular flexibility index (Phi) is 11.7. The molecule has 1 unspecified atom stereocenters. The number of aliphatic imine (C=N–C) groups is 1. The third kappa shape index (κ3) is 8.24. The molecule has 6 heteroatoms. The third-order valence-electron chi connectivity index (χ3n) is 4.09. The number of nitrogens with zero attached hydrogens (tertiary/aromatic N) is 1. The van der Waals surface area contributed by atoms with Gasteiger partial charge in [0.2, 0.25) is 0 Å². The van der Waals surface area contributed by atoms with Crippen LogP contribution in [-0.2, 0) is 4.74 Å². The summed E-state index contributed by atoms with van der Waals surface area (Å²) in [6, 6.07) is 0. The van der Waals surface area contributed by atoms with Crippen molar-refractivity contribution in [2.45, 2.75) is 63.2 Å². The molecule has 1 saturated heterocycles. The average molecular weight is 441 g/mol. The third-order valence-corrected chi connectivity index (χ3v) is 5.47. The second kappa shape index (κ2) is 12.7. The number of halogens is 1. The molecule has 1 saturated carbocycles. The fourth-order valence-electron chi connectivity index (χ4n) is 2.91. The number of hydrogen-bond donors (Lipinski definition) is 2. The lowest BCUT2D eigenvalue weighted by atomic mass is 10.2. The zero-order valence-electron chi connectivity index (χ0n) is 13.8. The van der Waals surface area contributed by atoms with Gasteiger partial charge in [-0.25, -0.2) is 0 Å². The van der Waals surface area contributed by atoms with Crippen molar-refractivity contribution in [1.82, 2.24) is 10.6 Å². The van der Waals surface area contributed by atoms with Crippen molar-refractivity contribution in [2.75, 3.05) is 32.0 Å². The van der Waals surface area contributed by atoms with Gasteiger partial charge in [-0.3, -0.25) is 4.99 Å². The highest BCUT2D eigenvalue weighted by Gasteiger charge is 2.15. The molecule has 0 spiro atoms. The van der Waals surface area contributed by atoms with Gasteiger partial charge in [0.1, 0.15) is 0 Å². The first-order chi connectivity index (χ1) is 10.4. The Morgan fingerprint density at radius 2 is 2.00 bits per heavy atom. The van der Waals surface area contributed by atoms with Crippen molar-refractivity contribution in [2.24, 2.45) is 4.99 Å². The molecule has 22 heavy (non-hydrogen) atoms. The van der Waals surface area contributed by atoms with Crippen LogP contribution in [0.5, 0.6) is 0 Å². The van der Waals surface area contributed by atoms with E-state index < -0.39 is 0 Å². The van der Waals surface area contributed by atoms with Crippen molar-refractivity contribution < 1.29 is 4.74 Å². The predicted octanol–water partition coefficient (Wildman–Crippen LogP) is 3.40. The lowest BCUT2D eigenvalue weighted by Gasteiger charge is -2.14. The Balaban J connectivity index is 0.00000242. The maximum absolute atomic E-state index is 5.88. The Hall–Kier alpha value is 0.310. The molecule has 0 aromatic carbocycles. The standard InChI is InChI=1S/C16H31N3OS.HI/c1-2-17-16(19-13-15-9-5-12-21-15)18-10-6-11-20-14-7-3-4-8-14;/h14-15H,2-13H2,1H3,(H2,17,18,19);1H. The molecule has 0 radical (unpaired) electrons. The van der Waals surface area contributed by atoms with Crippen LogP contribution in [-0.4, -0.2) is 49.3 Å².